The summed E-state index contributed by atoms with van der Waals surface area (Å²) in [6.45, 7) is 10.3. The Bertz CT molecular complexity index is 445. The van der Waals surface area contributed by atoms with Crippen LogP contribution in [0.4, 0.5) is 0 Å². The van der Waals surface area contributed by atoms with Crippen LogP contribution in [-0.2, 0) is 5.60 Å². The van der Waals surface area contributed by atoms with Crippen LogP contribution < -0.4 is 10.6 Å². The number of hydrogen-bond acceptors (Lipinski definition) is 2. The van der Waals surface area contributed by atoms with Crippen LogP contribution in [-0.4, -0.2) is 30.7 Å². The van der Waals surface area contributed by atoms with Crippen molar-refractivity contribution in [2.45, 2.75) is 46.1 Å². The molecule has 4 nitrogen and oxygen atoms in total. The molecule has 0 spiro atoms. The van der Waals surface area contributed by atoms with E-state index >= 15 is 0 Å². The molecule has 0 aliphatic heterocycles. The van der Waals surface area contributed by atoms with Gasteiger partial charge in [-0.15, -0.1) is 24.0 Å². The van der Waals surface area contributed by atoms with Crippen molar-refractivity contribution in [3.8, 4) is 0 Å². The molecular formula is C18H32IN3O. The van der Waals surface area contributed by atoms with Gasteiger partial charge in [-0.25, -0.2) is 4.99 Å². The first-order chi connectivity index (χ1) is 10.5. The van der Waals surface area contributed by atoms with Gasteiger partial charge in [0.2, 0.25) is 0 Å². The van der Waals surface area contributed by atoms with Gasteiger partial charge in [-0.05, 0) is 25.3 Å². The quantitative estimate of drug-likeness (QED) is 0.334. The molecule has 0 saturated heterocycles. The van der Waals surface area contributed by atoms with E-state index in [0.717, 1.165) is 37.5 Å². The lowest BCUT2D eigenvalue weighted by atomic mass is 9.96. The highest BCUT2D eigenvalue weighted by Crippen LogP contribution is 2.20. The van der Waals surface area contributed by atoms with Gasteiger partial charge in [0.05, 0.1) is 6.54 Å². The van der Waals surface area contributed by atoms with Crippen LogP contribution in [0.3, 0.4) is 0 Å². The lowest BCUT2D eigenvalue weighted by Crippen LogP contribution is -2.40. The molecule has 1 aromatic carbocycles. The van der Waals surface area contributed by atoms with E-state index in [1.165, 1.54) is 0 Å². The second-order valence-electron chi connectivity index (χ2n) is 5.90. The van der Waals surface area contributed by atoms with Gasteiger partial charge >= 0.3 is 0 Å². The number of nitrogens with zero attached hydrogens (tertiary/aromatic N) is 1. The molecule has 3 N–H and O–H groups in total. The summed E-state index contributed by atoms with van der Waals surface area (Å²) < 4.78 is 0. The van der Waals surface area contributed by atoms with E-state index in [-0.39, 0.29) is 24.0 Å². The van der Waals surface area contributed by atoms with Crippen LogP contribution >= 0.6 is 24.0 Å². The van der Waals surface area contributed by atoms with Crippen LogP contribution in [0.25, 0.3) is 0 Å². The number of benzene rings is 1. The predicted molar refractivity (Wildman–Crippen MR) is 109 cm³/mol. The Hall–Kier alpha value is -0.820. The third-order valence-electron chi connectivity index (χ3n) is 4.00. The maximum absolute atomic E-state index is 10.6. The summed E-state index contributed by atoms with van der Waals surface area (Å²) in [6.07, 6.45) is 2.31. The molecule has 0 bridgehead atoms. The molecule has 0 amide bonds. The number of aliphatic hydroxyl groups is 1. The van der Waals surface area contributed by atoms with Crippen molar-refractivity contribution in [3.05, 3.63) is 35.9 Å². The van der Waals surface area contributed by atoms with E-state index in [0.29, 0.717) is 12.5 Å². The minimum atomic E-state index is -0.960. The van der Waals surface area contributed by atoms with Crippen molar-refractivity contribution in [2.24, 2.45) is 10.9 Å². The predicted octanol–water partition coefficient (Wildman–Crippen LogP) is 3.50. The third-order valence-corrected chi connectivity index (χ3v) is 4.00. The second-order valence-corrected chi connectivity index (χ2v) is 5.90. The third kappa shape index (κ3) is 8.01. The number of halogens is 1. The molecule has 0 heterocycles. The SMILES string of the molecule is CCNC(=NCC(C)(O)c1ccccc1)NCC(CC)CC.I. The summed E-state index contributed by atoms with van der Waals surface area (Å²) in [6, 6.07) is 9.68. The minimum absolute atomic E-state index is 0. The second kappa shape index (κ2) is 11.7. The number of guanidine groups is 1. The molecule has 5 heteroatoms. The normalized spacial score (nSPS) is 14.1. The van der Waals surface area contributed by atoms with Crippen LogP contribution in [0.15, 0.2) is 35.3 Å². The molecule has 1 atom stereocenters. The number of hydrogen-bond donors (Lipinski definition) is 3. The van der Waals surface area contributed by atoms with E-state index in [1.54, 1.807) is 6.92 Å². The first kappa shape index (κ1) is 22.2. The fourth-order valence-electron chi connectivity index (χ4n) is 2.28. The zero-order valence-corrected chi connectivity index (χ0v) is 17.1. The highest BCUT2D eigenvalue weighted by atomic mass is 127. The van der Waals surface area contributed by atoms with Crippen molar-refractivity contribution in [1.82, 2.24) is 10.6 Å². The minimum Gasteiger partial charge on any atom is -0.384 e. The summed E-state index contributed by atoms with van der Waals surface area (Å²) in [7, 11) is 0. The summed E-state index contributed by atoms with van der Waals surface area (Å²) in [5.41, 5.74) is -0.0759. The molecule has 0 saturated carbocycles. The van der Waals surface area contributed by atoms with E-state index in [1.807, 2.05) is 37.3 Å². The van der Waals surface area contributed by atoms with Gasteiger partial charge < -0.3 is 15.7 Å². The van der Waals surface area contributed by atoms with Crippen molar-refractivity contribution in [2.75, 3.05) is 19.6 Å². The molecular weight excluding hydrogens is 401 g/mol. The van der Waals surface area contributed by atoms with Gasteiger partial charge in [0.1, 0.15) is 5.60 Å². The van der Waals surface area contributed by atoms with Crippen LogP contribution in [0.2, 0.25) is 0 Å². The molecule has 1 aromatic rings. The Morgan fingerprint density at radius 1 is 1.13 bits per heavy atom. The summed E-state index contributed by atoms with van der Waals surface area (Å²) >= 11 is 0. The summed E-state index contributed by atoms with van der Waals surface area (Å²) in [5, 5.41) is 17.2. The molecule has 23 heavy (non-hydrogen) atoms. The smallest absolute Gasteiger partial charge is 0.191 e. The van der Waals surface area contributed by atoms with Gasteiger partial charge in [0.15, 0.2) is 5.96 Å². The standard InChI is InChI=1S/C18H31N3O.HI/c1-5-15(6-2)13-20-17(19-7-3)21-14-18(4,22)16-11-9-8-10-12-16;/h8-12,15,22H,5-7,13-14H2,1-4H3,(H2,19,20,21);1H. The molecule has 0 radical (unpaired) electrons. The largest absolute Gasteiger partial charge is 0.384 e. The van der Waals surface area contributed by atoms with Gasteiger partial charge in [-0.1, -0.05) is 57.0 Å². The molecule has 0 aliphatic rings. The van der Waals surface area contributed by atoms with Crippen molar-refractivity contribution >= 4 is 29.9 Å². The molecule has 0 aromatic heterocycles. The average molecular weight is 433 g/mol. The van der Waals surface area contributed by atoms with Crippen LogP contribution in [0.1, 0.15) is 46.1 Å². The molecule has 132 valence electrons. The molecule has 1 unspecified atom stereocenters. The Balaban J connectivity index is 0.00000484. The molecule has 0 fully saturated rings. The lowest BCUT2D eigenvalue weighted by Gasteiger charge is -2.23. The van der Waals surface area contributed by atoms with Crippen molar-refractivity contribution in [3.63, 3.8) is 0 Å². The van der Waals surface area contributed by atoms with Crippen molar-refractivity contribution in [1.29, 1.82) is 0 Å². The van der Waals surface area contributed by atoms with E-state index < -0.39 is 5.60 Å². The Morgan fingerprint density at radius 3 is 2.26 bits per heavy atom. The van der Waals surface area contributed by atoms with E-state index in [2.05, 4.69) is 29.5 Å². The number of rotatable bonds is 8. The Labute approximate surface area is 158 Å². The van der Waals surface area contributed by atoms with E-state index in [9.17, 15) is 5.11 Å². The van der Waals surface area contributed by atoms with Crippen LogP contribution in [0.5, 0.6) is 0 Å². The first-order valence-electron chi connectivity index (χ1n) is 8.33. The fraction of sp³-hybridized carbons (Fsp3) is 0.611. The van der Waals surface area contributed by atoms with Gasteiger partial charge in [0.25, 0.3) is 0 Å². The maximum Gasteiger partial charge on any atom is 0.191 e. The van der Waals surface area contributed by atoms with Crippen molar-refractivity contribution < 1.29 is 5.11 Å². The zero-order valence-electron chi connectivity index (χ0n) is 14.8. The fourth-order valence-corrected chi connectivity index (χ4v) is 2.28. The highest BCUT2D eigenvalue weighted by molar-refractivity contribution is 14.0. The Morgan fingerprint density at radius 2 is 1.74 bits per heavy atom. The summed E-state index contributed by atoms with van der Waals surface area (Å²) in [4.78, 5) is 4.55. The molecule has 0 aliphatic carbocycles. The average Bonchev–Trinajstić information content (AvgIpc) is 2.54. The van der Waals surface area contributed by atoms with E-state index in [4.69, 9.17) is 0 Å². The Kier molecular flexibility index (Phi) is 11.3. The summed E-state index contributed by atoms with van der Waals surface area (Å²) in [5.74, 6) is 1.42. The van der Waals surface area contributed by atoms with Gasteiger partial charge in [0, 0.05) is 13.1 Å². The number of aliphatic imine (C=N–C) groups is 1. The van der Waals surface area contributed by atoms with Crippen LogP contribution in [0, 0.1) is 5.92 Å². The highest BCUT2D eigenvalue weighted by Gasteiger charge is 2.22. The molecule has 1 rings (SSSR count). The monoisotopic (exact) mass is 433 g/mol. The maximum atomic E-state index is 10.6. The topological polar surface area (TPSA) is 56.7 Å². The van der Waals surface area contributed by atoms with Gasteiger partial charge in [-0.2, -0.15) is 0 Å². The number of nitrogens with one attached hydrogen (secondary N) is 2. The lowest BCUT2D eigenvalue weighted by molar-refractivity contribution is 0.0672. The first-order valence-corrected chi connectivity index (χ1v) is 8.33. The zero-order chi connectivity index (χ0) is 16.4. The van der Waals surface area contributed by atoms with Gasteiger partial charge in [-0.3, -0.25) is 0 Å².